The maximum absolute atomic E-state index is 8.90. The average Bonchev–Trinajstić information content (AvgIpc) is 3.18. The molecule has 0 unspecified atom stereocenters. The van der Waals surface area contributed by atoms with Gasteiger partial charge in [0, 0.05) is 49.4 Å². The normalized spacial score (nSPS) is 15.3. The van der Waals surface area contributed by atoms with Crippen molar-refractivity contribution in [2.24, 2.45) is 0 Å². The molecule has 0 saturated carbocycles. The number of aromatic nitrogens is 1. The van der Waals surface area contributed by atoms with E-state index in [4.69, 9.17) is 33.0 Å². The minimum Gasteiger partial charge on any atom is -0.359 e. The van der Waals surface area contributed by atoms with Gasteiger partial charge >= 0.3 is 0 Å². The molecular formula is C22H20Cl2N4O. The zero-order chi connectivity index (χ0) is 20.2. The number of hydrogen-bond donors (Lipinski definition) is 0. The first-order valence-electron chi connectivity index (χ1n) is 9.45. The van der Waals surface area contributed by atoms with E-state index in [1.54, 1.807) is 12.1 Å². The smallest absolute Gasteiger partial charge is 0.151 e. The predicted octanol–water partition coefficient (Wildman–Crippen LogP) is 4.84. The van der Waals surface area contributed by atoms with Crippen molar-refractivity contribution in [3.05, 3.63) is 75.5 Å². The molecule has 5 nitrogen and oxygen atoms in total. The molecule has 0 spiro atoms. The summed E-state index contributed by atoms with van der Waals surface area (Å²) < 4.78 is 5.53. The summed E-state index contributed by atoms with van der Waals surface area (Å²) in [4.78, 5) is 4.79. The standard InChI is InChI=1S/C22H20Cl2N4O/c23-18-5-6-20(21(24)11-18)22-12-19(29-26-22)15-28-9-7-27(8-10-28)14-17-3-1-16(13-25)2-4-17/h1-6,11-12H,7-10,14-15H2. The molecule has 1 aromatic heterocycles. The molecule has 0 N–H and O–H groups in total. The highest BCUT2D eigenvalue weighted by Crippen LogP contribution is 2.30. The van der Waals surface area contributed by atoms with Crippen LogP contribution in [0.1, 0.15) is 16.9 Å². The molecule has 2 heterocycles. The third kappa shape index (κ3) is 4.98. The van der Waals surface area contributed by atoms with Crippen molar-refractivity contribution in [3.63, 3.8) is 0 Å². The maximum Gasteiger partial charge on any atom is 0.151 e. The van der Waals surface area contributed by atoms with E-state index >= 15 is 0 Å². The quantitative estimate of drug-likeness (QED) is 0.584. The summed E-state index contributed by atoms with van der Waals surface area (Å²) in [6.45, 7) is 5.54. The molecule has 0 radical (unpaired) electrons. The van der Waals surface area contributed by atoms with Gasteiger partial charge in [0.2, 0.25) is 0 Å². The first kappa shape index (κ1) is 19.9. The van der Waals surface area contributed by atoms with Gasteiger partial charge in [0.25, 0.3) is 0 Å². The van der Waals surface area contributed by atoms with E-state index in [1.165, 1.54) is 5.56 Å². The summed E-state index contributed by atoms with van der Waals surface area (Å²) in [5.74, 6) is 0.826. The maximum atomic E-state index is 8.90. The summed E-state index contributed by atoms with van der Waals surface area (Å²) in [7, 11) is 0. The fourth-order valence-electron chi connectivity index (χ4n) is 3.48. The van der Waals surface area contributed by atoms with Gasteiger partial charge in [-0.05, 0) is 35.9 Å². The Balaban J connectivity index is 1.31. The van der Waals surface area contributed by atoms with Crippen LogP contribution in [-0.2, 0) is 13.1 Å². The lowest BCUT2D eigenvalue weighted by Crippen LogP contribution is -2.45. The predicted molar refractivity (Wildman–Crippen MR) is 114 cm³/mol. The van der Waals surface area contributed by atoms with Crippen LogP contribution >= 0.6 is 23.2 Å². The zero-order valence-corrected chi connectivity index (χ0v) is 17.3. The molecule has 1 aliphatic rings. The molecule has 1 saturated heterocycles. The third-order valence-electron chi connectivity index (χ3n) is 5.10. The Hall–Kier alpha value is -2.36. The largest absolute Gasteiger partial charge is 0.359 e. The molecule has 29 heavy (non-hydrogen) atoms. The monoisotopic (exact) mass is 426 g/mol. The van der Waals surface area contributed by atoms with E-state index in [1.807, 2.05) is 36.4 Å². The van der Waals surface area contributed by atoms with Gasteiger partial charge in [0.05, 0.1) is 23.2 Å². The van der Waals surface area contributed by atoms with E-state index in [9.17, 15) is 0 Å². The molecule has 3 aromatic rings. The minimum atomic E-state index is 0.564. The highest BCUT2D eigenvalue weighted by molar-refractivity contribution is 6.36. The van der Waals surface area contributed by atoms with E-state index in [-0.39, 0.29) is 0 Å². The first-order valence-corrected chi connectivity index (χ1v) is 10.2. The summed E-state index contributed by atoms with van der Waals surface area (Å²) in [6.07, 6.45) is 0. The zero-order valence-electron chi connectivity index (χ0n) is 15.8. The van der Waals surface area contributed by atoms with Gasteiger partial charge < -0.3 is 4.52 Å². The molecule has 2 aromatic carbocycles. The van der Waals surface area contributed by atoms with Gasteiger partial charge in [0.1, 0.15) is 5.69 Å². The number of halogens is 2. The molecular weight excluding hydrogens is 407 g/mol. The van der Waals surface area contributed by atoms with Crippen LogP contribution in [0.3, 0.4) is 0 Å². The van der Waals surface area contributed by atoms with Gasteiger partial charge in [0.15, 0.2) is 5.76 Å². The molecule has 0 aliphatic carbocycles. The SMILES string of the molecule is N#Cc1ccc(CN2CCN(Cc3cc(-c4ccc(Cl)cc4Cl)no3)CC2)cc1. The average molecular weight is 427 g/mol. The van der Waals surface area contributed by atoms with Crippen LogP contribution in [0.25, 0.3) is 11.3 Å². The number of nitrogens with zero attached hydrogens (tertiary/aromatic N) is 4. The molecule has 0 atom stereocenters. The van der Waals surface area contributed by atoms with Crippen LogP contribution in [0.2, 0.25) is 10.0 Å². The Kier molecular flexibility index (Phi) is 6.17. The van der Waals surface area contributed by atoms with Gasteiger partial charge in [-0.15, -0.1) is 0 Å². The number of benzene rings is 2. The Bertz CT molecular complexity index is 1020. The van der Waals surface area contributed by atoms with Gasteiger partial charge in [-0.3, -0.25) is 9.80 Å². The van der Waals surface area contributed by atoms with Crippen molar-refractivity contribution < 1.29 is 4.52 Å². The molecule has 1 aliphatic heterocycles. The topological polar surface area (TPSA) is 56.3 Å². The summed E-state index contributed by atoms with van der Waals surface area (Å²) in [5, 5.41) is 14.2. The lowest BCUT2D eigenvalue weighted by molar-refractivity contribution is 0.114. The summed E-state index contributed by atoms with van der Waals surface area (Å²) in [6, 6.07) is 17.3. The fourth-order valence-corrected chi connectivity index (χ4v) is 3.99. The number of hydrogen-bond acceptors (Lipinski definition) is 5. The minimum absolute atomic E-state index is 0.564. The van der Waals surface area contributed by atoms with Crippen molar-refractivity contribution in [1.29, 1.82) is 5.26 Å². The van der Waals surface area contributed by atoms with E-state index in [0.717, 1.165) is 56.3 Å². The van der Waals surface area contributed by atoms with Crippen LogP contribution in [-0.4, -0.2) is 41.1 Å². The molecule has 1 fully saturated rings. The van der Waals surface area contributed by atoms with Crippen molar-refractivity contribution in [2.45, 2.75) is 13.1 Å². The van der Waals surface area contributed by atoms with Crippen molar-refractivity contribution in [3.8, 4) is 17.3 Å². The fraction of sp³-hybridized carbons (Fsp3) is 0.273. The van der Waals surface area contributed by atoms with Crippen molar-refractivity contribution in [2.75, 3.05) is 26.2 Å². The van der Waals surface area contributed by atoms with Gasteiger partial charge in [-0.1, -0.05) is 40.5 Å². The Morgan fingerprint density at radius 3 is 2.28 bits per heavy atom. The van der Waals surface area contributed by atoms with E-state index < -0.39 is 0 Å². The van der Waals surface area contributed by atoms with E-state index in [0.29, 0.717) is 15.6 Å². The lowest BCUT2D eigenvalue weighted by Gasteiger charge is -2.34. The first-order chi connectivity index (χ1) is 14.1. The molecule has 4 rings (SSSR count). The third-order valence-corrected chi connectivity index (χ3v) is 5.65. The number of rotatable bonds is 5. The number of nitriles is 1. The van der Waals surface area contributed by atoms with E-state index in [2.05, 4.69) is 21.0 Å². The molecule has 7 heteroatoms. The summed E-state index contributed by atoms with van der Waals surface area (Å²) in [5.41, 5.74) is 3.47. The van der Waals surface area contributed by atoms with Crippen LogP contribution < -0.4 is 0 Å². The Labute approximate surface area is 180 Å². The lowest BCUT2D eigenvalue weighted by atomic mass is 10.1. The summed E-state index contributed by atoms with van der Waals surface area (Å²) >= 11 is 12.2. The van der Waals surface area contributed by atoms with Crippen molar-refractivity contribution >= 4 is 23.2 Å². The van der Waals surface area contributed by atoms with Crippen molar-refractivity contribution in [1.82, 2.24) is 15.0 Å². The van der Waals surface area contributed by atoms with Crippen LogP contribution in [0.5, 0.6) is 0 Å². The van der Waals surface area contributed by atoms with Crippen LogP contribution in [0, 0.1) is 11.3 Å². The Morgan fingerprint density at radius 2 is 1.62 bits per heavy atom. The second-order valence-corrected chi connectivity index (χ2v) is 8.01. The van der Waals surface area contributed by atoms with Crippen LogP contribution in [0.15, 0.2) is 53.1 Å². The van der Waals surface area contributed by atoms with Gasteiger partial charge in [-0.25, -0.2) is 0 Å². The molecule has 0 bridgehead atoms. The second-order valence-electron chi connectivity index (χ2n) is 7.16. The Morgan fingerprint density at radius 1 is 0.931 bits per heavy atom. The molecule has 148 valence electrons. The van der Waals surface area contributed by atoms with Crippen LogP contribution in [0.4, 0.5) is 0 Å². The highest BCUT2D eigenvalue weighted by Gasteiger charge is 2.19. The van der Waals surface area contributed by atoms with Gasteiger partial charge in [-0.2, -0.15) is 5.26 Å². The highest BCUT2D eigenvalue weighted by atomic mass is 35.5. The second kappa shape index (κ2) is 8.98. The molecule has 0 amide bonds. The number of piperazine rings is 1.